The predicted molar refractivity (Wildman–Crippen MR) is 124 cm³/mol. The van der Waals surface area contributed by atoms with Crippen LogP contribution in [0, 0.1) is 27.7 Å². The molecular weight excluding hydrogens is 452 g/mol. The van der Waals surface area contributed by atoms with E-state index in [1.54, 1.807) is 39.8 Å². The molecule has 0 spiro atoms. The molecule has 0 atom stereocenters. The van der Waals surface area contributed by atoms with Gasteiger partial charge in [0.15, 0.2) is 0 Å². The van der Waals surface area contributed by atoms with Crippen LogP contribution in [0.3, 0.4) is 0 Å². The van der Waals surface area contributed by atoms with Crippen LogP contribution in [0.15, 0.2) is 24.3 Å². The van der Waals surface area contributed by atoms with Crippen LogP contribution in [0.2, 0.25) is 0 Å². The van der Waals surface area contributed by atoms with E-state index in [0.717, 1.165) is 46.5 Å². The van der Waals surface area contributed by atoms with Crippen LogP contribution in [0.1, 0.15) is 61.1 Å². The van der Waals surface area contributed by atoms with Crippen molar-refractivity contribution in [1.29, 1.82) is 0 Å². The Hall–Kier alpha value is -1.41. The smallest absolute Gasteiger partial charge is 0.872 e. The van der Waals surface area contributed by atoms with Gasteiger partial charge in [-0.2, -0.15) is 0 Å². The standard InChI is InChI=1S/C20H28N2O2.2C3H7O.Ti/c1-13-7-17(19(23)9-15(13)3)11-21-5-6-22-12-18-8-14(2)16(4)10-20(18)24;2*1-3(2)4;/h7-10,21-24H,5-6,11-12H2,1-4H3;2*3H,1-2H3;/q;2*-1;+4/p-2. The van der Waals surface area contributed by atoms with Gasteiger partial charge in [-0.1, -0.05) is 52.0 Å². The van der Waals surface area contributed by atoms with E-state index in [1.807, 2.05) is 39.8 Å². The summed E-state index contributed by atoms with van der Waals surface area (Å²) < 4.78 is 0. The molecule has 2 aromatic rings. The van der Waals surface area contributed by atoms with E-state index >= 15 is 0 Å². The molecule has 0 aliphatic rings. The first-order valence-corrected chi connectivity index (χ1v) is 11.1. The van der Waals surface area contributed by atoms with Gasteiger partial charge in [-0.05, 0) is 61.1 Å². The Bertz CT molecular complexity index is 738. The minimum absolute atomic E-state index is 0. The van der Waals surface area contributed by atoms with Gasteiger partial charge < -0.3 is 31.1 Å². The van der Waals surface area contributed by atoms with Gasteiger partial charge in [-0.15, -0.1) is 23.7 Å². The van der Waals surface area contributed by atoms with Gasteiger partial charge in [0.2, 0.25) is 0 Å². The summed E-state index contributed by atoms with van der Waals surface area (Å²) in [6.07, 6.45) is -0.833. The fraction of sp³-hybridized carbons (Fsp3) is 0.538. The molecule has 0 aliphatic heterocycles. The molecule has 0 fully saturated rings. The zero-order chi connectivity index (χ0) is 24.8. The van der Waals surface area contributed by atoms with Crippen LogP contribution in [-0.2, 0) is 34.8 Å². The third kappa shape index (κ3) is 16.0. The molecule has 2 N–H and O–H groups in total. The van der Waals surface area contributed by atoms with E-state index in [4.69, 9.17) is 0 Å². The van der Waals surface area contributed by atoms with Crippen molar-refractivity contribution in [1.82, 2.24) is 10.6 Å². The first kappa shape index (κ1) is 33.8. The summed E-state index contributed by atoms with van der Waals surface area (Å²) in [6.45, 7) is 17.0. The van der Waals surface area contributed by atoms with Gasteiger partial charge in [-0.25, -0.2) is 0 Å². The molecule has 2 aromatic carbocycles. The van der Waals surface area contributed by atoms with Gasteiger partial charge in [-0.3, -0.25) is 0 Å². The quantitative estimate of drug-likeness (QED) is 0.447. The summed E-state index contributed by atoms with van der Waals surface area (Å²) >= 11 is 0. The van der Waals surface area contributed by atoms with Gasteiger partial charge in [0.25, 0.3) is 0 Å². The fourth-order valence-electron chi connectivity index (χ4n) is 2.60. The van der Waals surface area contributed by atoms with E-state index < -0.39 is 12.2 Å². The van der Waals surface area contributed by atoms with E-state index in [9.17, 15) is 20.4 Å². The molecule has 0 bridgehead atoms. The van der Waals surface area contributed by atoms with Crippen LogP contribution in [0.5, 0.6) is 11.5 Å². The molecule has 0 saturated carbocycles. The van der Waals surface area contributed by atoms with Crippen molar-refractivity contribution < 1.29 is 42.1 Å². The molecule has 6 nitrogen and oxygen atoms in total. The summed E-state index contributed by atoms with van der Waals surface area (Å²) in [6, 6.07) is 7.30. The third-order valence-corrected chi connectivity index (χ3v) is 4.46. The molecule has 2 rings (SSSR count). The Kier molecular flexibility index (Phi) is 18.4. The van der Waals surface area contributed by atoms with Gasteiger partial charge >= 0.3 is 21.7 Å². The van der Waals surface area contributed by atoms with Crippen molar-refractivity contribution in [3.05, 3.63) is 57.6 Å². The summed E-state index contributed by atoms with van der Waals surface area (Å²) in [5.74, 6) is 0.175. The zero-order valence-corrected chi connectivity index (χ0v) is 23.0. The second-order valence-electron chi connectivity index (χ2n) is 8.54. The molecule has 0 amide bonds. The molecule has 182 valence electrons. The summed E-state index contributed by atoms with van der Waals surface area (Å²) in [5.41, 5.74) is 5.95. The van der Waals surface area contributed by atoms with Crippen LogP contribution in [0.25, 0.3) is 0 Å². The van der Waals surface area contributed by atoms with Crippen molar-refractivity contribution >= 4 is 0 Å². The maximum absolute atomic E-state index is 11.9. The Labute approximate surface area is 215 Å². The normalized spacial score (nSPS) is 10.2. The number of nitrogens with one attached hydrogen (secondary N) is 2. The zero-order valence-electron chi connectivity index (χ0n) is 21.4. The second-order valence-corrected chi connectivity index (χ2v) is 8.54. The SMILES string of the molecule is CC(C)[O-].CC(C)[O-].Cc1cc([O-])c(CNCCNCc2cc(C)c(C)cc2[O-])cc1C.[Ti+4]. The van der Waals surface area contributed by atoms with E-state index in [-0.39, 0.29) is 33.2 Å². The van der Waals surface area contributed by atoms with Crippen LogP contribution >= 0.6 is 0 Å². The monoisotopic (exact) mass is 492 g/mol. The Morgan fingerprint density at radius 1 is 0.606 bits per heavy atom. The van der Waals surface area contributed by atoms with Gasteiger partial charge in [0.05, 0.1) is 0 Å². The Balaban J connectivity index is 0. The van der Waals surface area contributed by atoms with Crippen molar-refractivity contribution in [2.24, 2.45) is 0 Å². The predicted octanol–water partition coefficient (Wildman–Crippen LogP) is 1.45. The first-order valence-electron chi connectivity index (χ1n) is 11.1. The van der Waals surface area contributed by atoms with Gasteiger partial charge in [0.1, 0.15) is 0 Å². The third-order valence-electron chi connectivity index (χ3n) is 4.46. The summed E-state index contributed by atoms with van der Waals surface area (Å²) in [4.78, 5) is 0. The van der Waals surface area contributed by atoms with Crippen molar-refractivity contribution in [3.63, 3.8) is 0 Å². The van der Waals surface area contributed by atoms with Crippen LogP contribution in [-0.4, -0.2) is 25.3 Å². The molecule has 0 saturated heterocycles. The van der Waals surface area contributed by atoms with Gasteiger partial charge in [0, 0.05) is 26.2 Å². The number of benzene rings is 2. The second kappa shape index (κ2) is 18.0. The molecule has 0 unspecified atom stereocenters. The Morgan fingerprint density at radius 3 is 1.12 bits per heavy atom. The number of hydrogen-bond acceptors (Lipinski definition) is 6. The summed E-state index contributed by atoms with van der Waals surface area (Å²) in [5, 5.41) is 49.4. The molecule has 33 heavy (non-hydrogen) atoms. The molecule has 0 aromatic heterocycles. The largest absolute Gasteiger partial charge is 4.00 e. The molecule has 0 radical (unpaired) electrons. The van der Waals surface area contributed by atoms with Crippen LogP contribution < -0.4 is 31.1 Å². The topological polar surface area (TPSA) is 116 Å². The first-order chi connectivity index (χ1) is 14.8. The number of aryl methyl sites for hydroxylation is 4. The van der Waals surface area contributed by atoms with Crippen molar-refractivity contribution in [3.8, 4) is 11.5 Å². The molecule has 7 heteroatoms. The van der Waals surface area contributed by atoms with Crippen LogP contribution in [0.4, 0.5) is 0 Å². The fourth-order valence-corrected chi connectivity index (χ4v) is 2.60. The average molecular weight is 492 g/mol. The number of hydrogen-bond donors (Lipinski definition) is 2. The van der Waals surface area contributed by atoms with Crippen molar-refractivity contribution in [2.75, 3.05) is 13.1 Å². The summed E-state index contributed by atoms with van der Waals surface area (Å²) in [7, 11) is 0. The molecule has 0 heterocycles. The Morgan fingerprint density at radius 2 is 0.848 bits per heavy atom. The maximum atomic E-state index is 11.9. The average Bonchev–Trinajstić information content (AvgIpc) is 2.65. The van der Waals surface area contributed by atoms with E-state index in [0.29, 0.717) is 13.1 Å². The minimum Gasteiger partial charge on any atom is -0.872 e. The van der Waals surface area contributed by atoms with Crippen molar-refractivity contribution in [2.45, 2.75) is 80.7 Å². The van der Waals surface area contributed by atoms with E-state index in [2.05, 4.69) is 10.6 Å². The number of rotatable bonds is 7. The minimum atomic E-state index is -0.417. The maximum Gasteiger partial charge on any atom is 4.00 e. The molecular formula is C26H40N2O4Ti. The molecule has 0 aliphatic carbocycles. The van der Waals surface area contributed by atoms with E-state index in [1.165, 1.54) is 0 Å².